The third-order valence-corrected chi connectivity index (χ3v) is 5.92. The van der Waals surface area contributed by atoms with Gasteiger partial charge in [0, 0.05) is 34.1 Å². The molecule has 0 heterocycles. The maximum atomic E-state index is 12.0. The number of anilines is 1. The van der Waals surface area contributed by atoms with Crippen molar-refractivity contribution in [2.75, 3.05) is 12.4 Å². The van der Waals surface area contributed by atoms with Gasteiger partial charge in [0.05, 0.1) is 17.8 Å². The second-order valence-electron chi connectivity index (χ2n) is 7.28. The van der Waals surface area contributed by atoms with E-state index in [1.807, 2.05) is 6.07 Å². The van der Waals surface area contributed by atoms with Gasteiger partial charge in [-0.2, -0.15) is 5.10 Å². The number of amides is 2. The molecule has 0 bridgehead atoms. The maximum absolute atomic E-state index is 12.0. The summed E-state index contributed by atoms with van der Waals surface area (Å²) in [5.74, 6) is 0.677. The average molecular weight is 579 g/mol. The molecule has 10 heteroatoms. The molecule has 0 aliphatic carbocycles. The van der Waals surface area contributed by atoms with Crippen LogP contribution in [0.2, 0.25) is 10.0 Å². The highest BCUT2D eigenvalue weighted by Gasteiger charge is 2.08. The number of hydrazone groups is 1. The molecule has 0 aliphatic heterocycles. The lowest BCUT2D eigenvalue weighted by Gasteiger charge is -2.10. The predicted molar refractivity (Wildman–Crippen MR) is 142 cm³/mol. The fourth-order valence-electron chi connectivity index (χ4n) is 2.87. The van der Waals surface area contributed by atoms with Gasteiger partial charge in [0.2, 0.25) is 11.8 Å². The van der Waals surface area contributed by atoms with Gasteiger partial charge in [-0.25, -0.2) is 5.43 Å². The summed E-state index contributed by atoms with van der Waals surface area (Å²) in [5, 5.41) is 7.77. The van der Waals surface area contributed by atoms with Crippen molar-refractivity contribution in [1.82, 2.24) is 5.43 Å². The van der Waals surface area contributed by atoms with Crippen LogP contribution in [0.1, 0.15) is 24.0 Å². The van der Waals surface area contributed by atoms with Gasteiger partial charge in [0.15, 0.2) is 0 Å². The Morgan fingerprint density at radius 2 is 1.74 bits per heavy atom. The molecule has 0 aliphatic rings. The van der Waals surface area contributed by atoms with E-state index in [0.29, 0.717) is 31.7 Å². The monoisotopic (exact) mass is 577 g/mol. The van der Waals surface area contributed by atoms with Crippen molar-refractivity contribution in [2.24, 2.45) is 5.10 Å². The first-order valence-electron chi connectivity index (χ1n) is 10.5. The molecule has 3 rings (SSSR count). The number of methoxy groups -OCH3 is 1. The number of nitrogens with one attached hydrogen (secondary N) is 2. The number of carbonyl (C=O) groups is 2. The Labute approximate surface area is 221 Å². The van der Waals surface area contributed by atoms with Gasteiger partial charge in [-0.3, -0.25) is 9.59 Å². The fraction of sp³-hybridized carbons (Fsp3) is 0.160. The first-order valence-corrected chi connectivity index (χ1v) is 12.0. The van der Waals surface area contributed by atoms with Gasteiger partial charge in [0.1, 0.15) is 18.1 Å². The third kappa shape index (κ3) is 8.58. The number of hydrogen-bond acceptors (Lipinski definition) is 5. The zero-order chi connectivity index (χ0) is 25.2. The van der Waals surface area contributed by atoms with E-state index in [-0.39, 0.29) is 31.3 Å². The molecular formula is C25H22BrCl2N3O4. The Hall–Kier alpha value is -3.07. The van der Waals surface area contributed by atoms with E-state index in [4.69, 9.17) is 32.7 Å². The Kier molecular flexibility index (Phi) is 9.96. The Bertz CT molecular complexity index is 1220. The van der Waals surface area contributed by atoms with Gasteiger partial charge in [0.25, 0.3) is 0 Å². The molecule has 35 heavy (non-hydrogen) atoms. The lowest BCUT2D eigenvalue weighted by molar-refractivity contribution is -0.124. The summed E-state index contributed by atoms with van der Waals surface area (Å²) in [5.41, 5.74) is 4.60. The number of nitrogens with zero attached hydrogens (tertiary/aromatic N) is 1. The van der Waals surface area contributed by atoms with Gasteiger partial charge >= 0.3 is 0 Å². The number of ether oxygens (including phenoxy) is 2. The third-order valence-electron chi connectivity index (χ3n) is 4.71. The van der Waals surface area contributed by atoms with Crippen LogP contribution < -0.4 is 20.2 Å². The molecule has 3 aromatic rings. The molecule has 2 amide bonds. The molecule has 2 N–H and O–H groups in total. The summed E-state index contributed by atoms with van der Waals surface area (Å²) in [6.45, 7) is 0.282. The topological polar surface area (TPSA) is 89.0 Å². The summed E-state index contributed by atoms with van der Waals surface area (Å²) >= 11 is 15.6. The molecule has 7 nitrogen and oxygen atoms in total. The minimum atomic E-state index is -0.370. The molecule has 0 saturated heterocycles. The molecule has 182 valence electrons. The molecule has 3 aromatic carbocycles. The highest BCUT2D eigenvalue weighted by Crippen LogP contribution is 2.28. The van der Waals surface area contributed by atoms with E-state index in [1.165, 1.54) is 6.21 Å². The molecule has 0 saturated carbocycles. The summed E-state index contributed by atoms with van der Waals surface area (Å²) in [6.07, 6.45) is 1.53. The van der Waals surface area contributed by atoms with Crippen molar-refractivity contribution in [2.45, 2.75) is 19.4 Å². The van der Waals surface area contributed by atoms with Crippen LogP contribution in [-0.2, 0) is 16.2 Å². The maximum Gasteiger partial charge on any atom is 0.240 e. The van der Waals surface area contributed by atoms with E-state index in [1.54, 1.807) is 61.7 Å². The van der Waals surface area contributed by atoms with Gasteiger partial charge in [-0.05, 0) is 76.1 Å². The molecule has 0 fully saturated rings. The van der Waals surface area contributed by atoms with Crippen LogP contribution in [0.3, 0.4) is 0 Å². The van der Waals surface area contributed by atoms with E-state index in [0.717, 1.165) is 11.1 Å². The van der Waals surface area contributed by atoms with Crippen LogP contribution in [-0.4, -0.2) is 25.1 Å². The Morgan fingerprint density at radius 3 is 2.43 bits per heavy atom. The lowest BCUT2D eigenvalue weighted by atomic mass is 10.2. The SMILES string of the molecule is COc1ccc(NC(=O)CCC(=O)NN=Cc2ccc(OCc3ccc(Cl)cc3Cl)c(Br)c2)cc1. The molecule has 0 atom stereocenters. The zero-order valence-corrected chi connectivity index (χ0v) is 21.8. The quantitative estimate of drug-likeness (QED) is 0.221. The minimum absolute atomic E-state index is 0.00303. The van der Waals surface area contributed by atoms with Crippen LogP contribution in [0.4, 0.5) is 5.69 Å². The zero-order valence-electron chi connectivity index (χ0n) is 18.7. The van der Waals surface area contributed by atoms with Crippen LogP contribution >= 0.6 is 39.1 Å². The number of rotatable bonds is 10. The standard InChI is InChI=1S/C25H22BrCl2N3O4/c1-34-20-7-5-19(6-8-20)30-24(32)10-11-25(33)31-29-14-16-2-9-23(21(26)12-16)35-15-17-3-4-18(27)13-22(17)28/h2-9,12-14H,10-11,15H2,1H3,(H,30,32)(H,31,33). The minimum Gasteiger partial charge on any atom is -0.497 e. The van der Waals surface area contributed by atoms with Gasteiger partial charge in [-0.15, -0.1) is 0 Å². The number of halogens is 3. The molecule has 0 unspecified atom stereocenters. The Balaban J connectivity index is 1.43. The first kappa shape index (κ1) is 26.5. The number of carbonyl (C=O) groups excluding carboxylic acids is 2. The number of hydrogen-bond donors (Lipinski definition) is 2. The molecule has 0 spiro atoms. The highest BCUT2D eigenvalue weighted by atomic mass is 79.9. The van der Waals surface area contributed by atoms with Crippen molar-refractivity contribution in [3.63, 3.8) is 0 Å². The summed E-state index contributed by atoms with van der Waals surface area (Å²) in [7, 11) is 1.57. The van der Waals surface area contributed by atoms with Crippen LogP contribution in [0, 0.1) is 0 Å². The van der Waals surface area contributed by atoms with E-state index in [9.17, 15) is 9.59 Å². The first-order chi connectivity index (χ1) is 16.8. The summed E-state index contributed by atoms with van der Waals surface area (Å²) < 4.78 is 11.6. The number of benzene rings is 3. The van der Waals surface area contributed by atoms with E-state index < -0.39 is 0 Å². The van der Waals surface area contributed by atoms with Crippen LogP contribution in [0.5, 0.6) is 11.5 Å². The summed E-state index contributed by atoms with van der Waals surface area (Å²) in [6, 6.07) is 17.5. The normalized spacial score (nSPS) is 10.7. The fourth-order valence-corrected chi connectivity index (χ4v) is 3.84. The highest BCUT2D eigenvalue weighted by molar-refractivity contribution is 9.10. The van der Waals surface area contributed by atoms with Crippen molar-refractivity contribution in [1.29, 1.82) is 0 Å². The average Bonchev–Trinajstić information content (AvgIpc) is 2.83. The second kappa shape index (κ2) is 13.1. The van der Waals surface area contributed by atoms with E-state index >= 15 is 0 Å². The largest absolute Gasteiger partial charge is 0.497 e. The van der Waals surface area contributed by atoms with Gasteiger partial charge < -0.3 is 14.8 Å². The summed E-state index contributed by atoms with van der Waals surface area (Å²) in [4.78, 5) is 24.0. The lowest BCUT2D eigenvalue weighted by Crippen LogP contribution is -2.20. The van der Waals surface area contributed by atoms with Gasteiger partial charge in [-0.1, -0.05) is 29.3 Å². The van der Waals surface area contributed by atoms with Crippen LogP contribution in [0.15, 0.2) is 70.2 Å². The second-order valence-corrected chi connectivity index (χ2v) is 8.98. The Morgan fingerprint density at radius 1 is 1.00 bits per heavy atom. The molecular weight excluding hydrogens is 557 g/mol. The molecule has 0 radical (unpaired) electrons. The predicted octanol–water partition coefficient (Wildman–Crippen LogP) is 6.21. The van der Waals surface area contributed by atoms with Crippen molar-refractivity contribution < 1.29 is 19.1 Å². The van der Waals surface area contributed by atoms with Crippen LogP contribution in [0.25, 0.3) is 0 Å². The van der Waals surface area contributed by atoms with Crippen molar-refractivity contribution in [3.05, 3.63) is 86.3 Å². The van der Waals surface area contributed by atoms with Crippen molar-refractivity contribution in [3.8, 4) is 11.5 Å². The molecule has 0 aromatic heterocycles. The van der Waals surface area contributed by atoms with E-state index in [2.05, 4.69) is 31.8 Å². The van der Waals surface area contributed by atoms with Crippen molar-refractivity contribution >= 4 is 62.8 Å². The smallest absolute Gasteiger partial charge is 0.240 e.